The van der Waals surface area contributed by atoms with Crippen LogP contribution < -0.4 is 15.2 Å². The Hall–Kier alpha value is -4.93. The van der Waals surface area contributed by atoms with E-state index in [1.54, 1.807) is 11.3 Å². The van der Waals surface area contributed by atoms with E-state index in [-0.39, 0.29) is 5.43 Å². The summed E-state index contributed by atoms with van der Waals surface area (Å²) in [6.07, 6.45) is 8.78. The number of anilines is 5. The van der Waals surface area contributed by atoms with Crippen LogP contribution in [0, 0.1) is 0 Å². The molecule has 0 atom stereocenters. The van der Waals surface area contributed by atoms with E-state index in [9.17, 15) is 4.79 Å². The molecule has 0 amide bonds. The lowest BCUT2D eigenvalue weighted by molar-refractivity contribution is 0.997. The summed E-state index contributed by atoms with van der Waals surface area (Å²) < 4.78 is 1.96. The third-order valence-corrected chi connectivity index (χ3v) is 8.56. The third-order valence-electron chi connectivity index (χ3n) is 7.43. The molecule has 0 aliphatic heterocycles. The maximum atomic E-state index is 13.9. The molecule has 1 aromatic heterocycles. The van der Waals surface area contributed by atoms with E-state index in [0.717, 1.165) is 67.1 Å². The van der Waals surface area contributed by atoms with Crippen molar-refractivity contribution in [2.24, 2.45) is 0 Å². The largest absolute Gasteiger partial charge is 0.311 e. The van der Waals surface area contributed by atoms with Crippen molar-refractivity contribution < 1.29 is 0 Å². The van der Waals surface area contributed by atoms with Gasteiger partial charge in [-0.2, -0.15) is 0 Å². The number of hydrogen-bond acceptors (Lipinski definition) is 4. The van der Waals surface area contributed by atoms with E-state index < -0.39 is 0 Å². The lowest BCUT2D eigenvalue weighted by Gasteiger charge is -2.28. The van der Waals surface area contributed by atoms with Crippen molar-refractivity contribution in [1.29, 1.82) is 0 Å². The first kappa shape index (κ1) is 25.1. The van der Waals surface area contributed by atoms with E-state index in [0.29, 0.717) is 0 Å². The number of para-hydroxylation sites is 3. The molecule has 198 valence electrons. The second-order valence-electron chi connectivity index (χ2n) is 10.1. The minimum atomic E-state index is 0.0614. The first-order valence-corrected chi connectivity index (χ1v) is 14.7. The van der Waals surface area contributed by atoms with Gasteiger partial charge in [0.2, 0.25) is 0 Å². The maximum Gasteiger partial charge on any atom is 0.195 e. The smallest absolute Gasteiger partial charge is 0.195 e. The Morgan fingerprint density at radius 1 is 0.512 bits per heavy atom. The van der Waals surface area contributed by atoms with Gasteiger partial charge < -0.3 is 9.80 Å². The van der Waals surface area contributed by atoms with Crippen LogP contribution in [0.4, 0.5) is 28.4 Å². The molecule has 0 spiro atoms. The molecule has 0 fully saturated rings. The summed E-state index contributed by atoms with van der Waals surface area (Å²) in [6, 6.07) is 43.4. The van der Waals surface area contributed by atoms with Gasteiger partial charge in [-0.05, 0) is 91.7 Å². The summed E-state index contributed by atoms with van der Waals surface area (Å²) in [4.78, 5) is 18.4. The molecule has 5 aromatic carbocycles. The fourth-order valence-corrected chi connectivity index (χ4v) is 6.59. The SMILES string of the molecule is O=c1c2ccc(N(C3=CCCC=C3)c3ccccc3)cc2sc2ccc(N(c3ccccc3)c3ccccc3)cc12. The van der Waals surface area contributed by atoms with Crippen molar-refractivity contribution >= 4 is 59.9 Å². The lowest BCUT2D eigenvalue weighted by atomic mass is 10.1. The molecule has 7 rings (SSSR count). The molecule has 0 radical (unpaired) electrons. The van der Waals surface area contributed by atoms with Gasteiger partial charge >= 0.3 is 0 Å². The van der Waals surface area contributed by atoms with E-state index in [1.165, 1.54) is 0 Å². The first-order valence-electron chi connectivity index (χ1n) is 13.9. The number of nitrogens with zero attached hydrogens (tertiary/aromatic N) is 2. The summed E-state index contributed by atoms with van der Waals surface area (Å²) in [5.74, 6) is 0. The number of fused-ring (bicyclic) bond motifs is 2. The predicted octanol–water partition coefficient (Wildman–Crippen LogP) is 10.3. The average Bonchev–Trinajstić information content (AvgIpc) is 3.04. The Bertz CT molecular complexity index is 1920. The third kappa shape index (κ3) is 4.83. The molecule has 1 aliphatic rings. The van der Waals surface area contributed by atoms with Crippen LogP contribution in [-0.2, 0) is 0 Å². The van der Waals surface area contributed by atoms with Crippen LogP contribution in [0.1, 0.15) is 12.8 Å². The van der Waals surface area contributed by atoms with Crippen molar-refractivity contribution in [2.45, 2.75) is 12.8 Å². The molecule has 41 heavy (non-hydrogen) atoms. The standard InChI is InChI=1S/C37H28N2OS/c40-37-33-23-21-32(39(29-17-9-3-10-18-29)30-19-11-4-12-20-30)26-36(33)41-35-24-22-31(25-34(35)37)38(27-13-5-1-6-14-27)28-15-7-2-8-16-28/h1-3,5-11,13-26H,4,12H2. The van der Waals surface area contributed by atoms with Crippen LogP contribution in [0.2, 0.25) is 0 Å². The van der Waals surface area contributed by atoms with Gasteiger partial charge in [0.25, 0.3) is 0 Å². The second-order valence-corrected chi connectivity index (χ2v) is 11.2. The second kappa shape index (κ2) is 10.9. The highest BCUT2D eigenvalue weighted by molar-refractivity contribution is 7.24. The van der Waals surface area contributed by atoms with Crippen molar-refractivity contribution in [3.05, 3.63) is 162 Å². The van der Waals surface area contributed by atoms with Gasteiger partial charge in [0.15, 0.2) is 5.43 Å². The van der Waals surface area contributed by atoms with Crippen LogP contribution in [0.5, 0.6) is 0 Å². The molecule has 1 heterocycles. The van der Waals surface area contributed by atoms with Crippen molar-refractivity contribution in [3.8, 4) is 0 Å². The number of benzene rings is 5. The normalized spacial score (nSPS) is 12.8. The molecular formula is C37H28N2OS. The monoisotopic (exact) mass is 548 g/mol. The van der Waals surface area contributed by atoms with E-state index in [2.05, 4.69) is 101 Å². The summed E-state index contributed by atoms with van der Waals surface area (Å²) in [7, 11) is 0. The Morgan fingerprint density at radius 2 is 1.10 bits per heavy atom. The average molecular weight is 549 g/mol. The van der Waals surface area contributed by atoms with E-state index >= 15 is 0 Å². The number of rotatable bonds is 6. The minimum absolute atomic E-state index is 0.0614. The molecule has 0 N–H and O–H groups in total. The van der Waals surface area contributed by atoms with Gasteiger partial charge in [0.1, 0.15) is 0 Å². The maximum absolute atomic E-state index is 13.9. The number of hydrogen-bond donors (Lipinski definition) is 0. The topological polar surface area (TPSA) is 23.6 Å². The zero-order valence-corrected chi connectivity index (χ0v) is 23.3. The van der Waals surface area contributed by atoms with Crippen molar-refractivity contribution in [1.82, 2.24) is 0 Å². The zero-order valence-electron chi connectivity index (χ0n) is 22.5. The Balaban J connectivity index is 1.36. The quantitative estimate of drug-likeness (QED) is 0.193. The van der Waals surface area contributed by atoms with Crippen molar-refractivity contribution in [3.63, 3.8) is 0 Å². The van der Waals surface area contributed by atoms with Crippen LogP contribution in [0.15, 0.2) is 156 Å². The molecule has 1 aliphatic carbocycles. The highest BCUT2D eigenvalue weighted by atomic mass is 32.1. The Kier molecular flexibility index (Phi) is 6.67. The summed E-state index contributed by atoms with van der Waals surface area (Å²) in [5.41, 5.74) is 6.42. The molecule has 6 aromatic rings. The van der Waals surface area contributed by atoms with Crippen LogP contribution in [-0.4, -0.2) is 0 Å². The lowest BCUT2D eigenvalue weighted by Crippen LogP contribution is -2.16. The molecule has 0 saturated heterocycles. The zero-order chi connectivity index (χ0) is 27.6. The molecule has 3 nitrogen and oxygen atoms in total. The van der Waals surface area contributed by atoms with Crippen LogP contribution >= 0.6 is 11.3 Å². The molecule has 0 saturated carbocycles. The number of allylic oxidation sites excluding steroid dienone is 3. The summed E-state index contributed by atoms with van der Waals surface area (Å²) in [6.45, 7) is 0. The summed E-state index contributed by atoms with van der Waals surface area (Å²) in [5, 5.41) is 1.48. The summed E-state index contributed by atoms with van der Waals surface area (Å²) >= 11 is 1.67. The molecule has 0 bridgehead atoms. The van der Waals surface area contributed by atoms with E-state index in [4.69, 9.17) is 0 Å². The van der Waals surface area contributed by atoms with Gasteiger partial charge in [-0.15, -0.1) is 11.3 Å². The van der Waals surface area contributed by atoms with Gasteiger partial charge in [0.05, 0.1) is 0 Å². The van der Waals surface area contributed by atoms with E-state index in [1.807, 2.05) is 54.6 Å². The molecule has 0 unspecified atom stereocenters. The molecular weight excluding hydrogens is 520 g/mol. The van der Waals surface area contributed by atoms with Crippen molar-refractivity contribution in [2.75, 3.05) is 9.80 Å². The predicted molar refractivity (Wildman–Crippen MR) is 175 cm³/mol. The fraction of sp³-hybridized carbons (Fsp3) is 0.0541. The van der Waals surface area contributed by atoms with Crippen LogP contribution in [0.3, 0.4) is 0 Å². The van der Waals surface area contributed by atoms with Gasteiger partial charge in [-0.3, -0.25) is 4.79 Å². The first-order chi connectivity index (χ1) is 20.3. The van der Waals surface area contributed by atoms with Gasteiger partial charge in [0, 0.05) is 54.3 Å². The highest BCUT2D eigenvalue weighted by Gasteiger charge is 2.17. The van der Waals surface area contributed by atoms with Gasteiger partial charge in [-0.1, -0.05) is 66.7 Å². The van der Waals surface area contributed by atoms with Crippen LogP contribution in [0.25, 0.3) is 20.2 Å². The Labute approximate surface area is 243 Å². The van der Waals surface area contributed by atoms with Gasteiger partial charge in [-0.25, -0.2) is 0 Å². The highest BCUT2D eigenvalue weighted by Crippen LogP contribution is 2.38. The minimum Gasteiger partial charge on any atom is -0.311 e. The molecule has 4 heteroatoms. The fourth-order valence-electron chi connectivity index (χ4n) is 5.50. The Morgan fingerprint density at radius 3 is 1.71 bits per heavy atom.